The fourth-order valence-electron chi connectivity index (χ4n) is 1.52. The van der Waals surface area contributed by atoms with E-state index in [1.165, 1.54) is 0 Å². The van der Waals surface area contributed by atoms with Gasteiger partial charge in [-0.3, -0.25) is 14.6 Å². The minimum Gasteiger partial charge on any atom is -0.480 e. The average molecular weight is 354 g/mol. The maximum atomic E-state index is 12.0. The first kappa shape index (κ1) is 15.0. The van der Waals surface area contributed by atoms with Gasteiger partial charge in [0.25, 0.3) is 11.5 Å². The topological polar surface area (TPSA) is 104 Å². The van der Waals surface area contributed by atoms with Gasteiger partial charge in [0.1, 0.15) is 11.4 Å². The molecule has 0 saturated carbocycles. The summed E-state index contributed by atoms with van der Waals surface area (Å²) in [6, 6.07) is 7.09. The normalized spacial score (nSPS) is 11.7. The smallest absolute Gasteiger partial charge is 0.325 e. The van der Waals surface area contributed by atoms with Crippen molar-refractivity contribution in [1.82, 2.24) is 9.97 Å². The average Bonchev–Trinajstić information content (AvgIpc) is 2.44. The van der Waals surface area contributed by atoms with Crippen LogP contribution in [0, 0.1) is 0 Å². The first-order valence-electron chi connectivity index (χ1n) is 6.01. The van der Waals surface area contributed by atoms with E-state index in [1.54, 1.807) is 25.1 Å². The molecule has 0 spiro atoms. The number of hydrogen-bond donors (Lipinski definition) is 3. The third kappa shape index (κ3) is 3.82. The Morgan fingerprint density at radius 2 is 2.05 bits per heavy atom. The number of hydrogen-bond acceptors (Lipinski definition) is 4. The van der Waals surface area contributed by atoms with Crippen molar-refractivity contribution >= 4 is 27.5 Å². The highest BCUT2D eigenvalue weighted by molar-refractivity contribution is 9.10. The summed E-state index contributed by atoms with van der Waals surface area (Å²) in [5.74, 6) is -0.00108. The molecule has 0 fully saturated rings. The van der Waals surface area contributed by atoms with Gasteiger partial charge < -0.3 is 15.0 Å². The molecule has 0 aliphatic carbocycles. The van der Waals surface area contributed by atoms with Crippen LogP contribution in [0.2, 0.25) is 0 Å². The highest BCUT2D eigenvalue weighted by Crippen LogP contribution is 2.24. The Balaban J connectivity index is 2.08. The molecule has 110 valence electrons. The third-order valence-corrected chi connectivity index (χ3v) is 3.24. The summed E-state index contributed by atoms with van der Waals surface area (Å²) in [7, 11) is 0. The first-order valence-corrected chi connectivity index (χ1v) is 6.80. The van der Waals surface area contributed by atoms with E-state index in [2.05, 4.69) is 26.2 Å². The van der Waals surface area contributed by atoms with Crippen molar-refractivity contribution in [2.24, 2.45) is 0 Å². The van der Waals surface area contributed by atoms with E-state index in [-0.39, 0.29) is 5.69 Å². The molecule has 3 N–H and O–H groups in total. The lowest BCUT2D eigenvalue weighted by Gasteiger charge is -2.15. The molecule has 0 saturated heterocycles. The fraction of sp³-hybridized carbons (Fsp3) is 0.154. The lowest BCUT2D eigenvalue weighted by Crippen LogP contribution is -2.33. The van der Waals surface area contributed by atoms with Crippen LogP contribution in [0.15, 0.2) is 44.5 Å². The Morgan fingerprint density at radius 1 is 1.33 bits per heavy atom. The molecule has 2 aromatic rings. The van der Waals surface area contributed by atoms with Gasteiger partial charge in [0, 0.05) is 6.20 Å². The quantitative estimate of drug-likeness (QED) is 0.768. The zero-order chi connectivity index (χ0) is 15.4. The van der Waals surface area contributed by atoms with Crippen LogP contribution in [-0.4, -0.2) is 22.0 Å². The standard InChI is InChI=1S/C13H12BrN3O4/c1-7(21-10-5-3-2-4-8(10)14)11(18)16-9-6-15-13(20)17-12(9)19/h2-7H,1H3,(H,16,18)(H2,15,17,19,20). The summed E-state index contributed by atoms with van der Waals surface area (Å²) in [5, 5.41) is 2.38. The second kappa shape index (κ2) is 6.40. The highest BCUT2D eigenvalue weighted by Gasteiger charge is 2.17. The number of aromatic amines is 2. The molecule has 1 atom stereocenters. The summed E-state index contributed by atoms with van der Waals surface area (Å²) in [6.45, 7) is 1.55. The molecule has 0 aliphatic heterocycles. The number of carbonyl (C=O) groups excluding carboxylic acids is 1. The molecule has 21 heavy (non-hydrogen) atoms. The molecule has 0 bridgehead atoms. The molecule has 1 aromatic carbocycles. The molecular weight excluding hydrogens is 342 g/mol. The van der Waals surface area contributed by atoms with Crippen LogP contribution in [0.25, 0.3) is 0 Å². The number of para-hydroxylation sites is 1. The summed E-state index contributed by atoms with van der Waals surface area (Å²) in [4.78, 5) is 38.6. The van der Waals surface area contributed by atoms with E-state index >= 15 is 0 Å². The van der Waals surface area contributed by atoms with Crippen molar-refractivity contribution in [2.75, 3.05) is 5.32 Å². The molecule has 8 heteroatoms. The molecule has 1 heterocycles. The van der Waals surface area contributed by atoms with Gasteiger partial charge in [0.2, 0.25) is 0 Å². The second-order valence-electron chi connectivity index (χ2n) is 4.17. The van der Waals surface area contributed by atoms with E-state index in [9.17, 15) is 14.4 Å². The predicted octanol–water partition coefficient (Wildman–Crippen LogP) is 1.23. The number of rotatable bonds is 4. The number of benzene rings is 1. The largest absolute Gasteiger partial charge is 0.480 e. The number of nitrogens with one attached hydrogen (secondary N) is 3. The second-order valence-corrected chi connectivity index (χ2v) is 5.02. The maximum Gasteiger partial charge on any atom is 0.325 e. The summed E-state index contributed by atoms with van der Waals surface area (Å²) < 4.78 is 6.21. The molecule has 0 aliphatic rings. The van der Waals surface area contributed by atoms with E-state index in [0.29, 0.717) is 10.2 Å². The van der Waals surface area contributed by atoms with E-state index in [1.807, 2.05) is 11.1 Å². The van der Waals surface area contributed by atoms with E-state index in [0.717, 1.165) is 6.20 Å². The van der Waals surface area contributed by atoms with Gasteiger partial charge in [-0.05, 0) is 35.0 Å². The minimum absolute atomic E-state index is 0.0535. The van der Waals surface area contributed by atoms with Crippen LogP contribution < -0.4 is 21.3 Å². The third-order valence-electron chi connectivity index (χ3n) is 2.59. The number of ether oxygens (including phenoxy) is 1. The number of carbonyl (C=O) groups is 1. The van der Waals surface area contributed by atoms with Crippen molar-refractivity contribution in [1.29, 1.82) is 0 Å². The Hall–Kier alpha value is -2.35. The van der Waals surface area contributed by atoms with Gasteiger partial charge in [0.15, 0.2) is 6.10 Å². The molecule has 0 radical (unpaired) electrons. The zero-order valence-electron chi connectivity index (χ0n) is 11.0. The van der Waals surface area contributed by atoms with Crippen LogP contribution in [-0.2, 0) is 4.79 Å². The van der Waals surface area contributed by atoms with Crippen LogP contribution in [0.1, 0.15) is 6.92 Å². The van der Waals surface area contributed by atoms with Crippen molar-refractivity contribution in [3.8, 4) is 5.75 Å². The number of amides is 1. The minimum atomic E-state index is -0.824. The summed E-state index contributed by atoms with van der Waals surface area (Å²) >= 11 is 3.31. The zero-order valence-corrected chi connectivity index (χ0v) is 12.6. The van der Waals surface area contributed by atoms with Crippen LogP contribution in [0.3, 0.4) is 0 Å². The molecule has 1 amide bonds. The van der Waals surface area contributed by atoms with Gasteiger partial charge in [0.05, 0.1) is 4.47 Å². The van der Waals surface area contributed by atoms with Crippen molar-refractivity contribution in [3.63, 3.8) is 0 Å². The summed E-state index contributed by atoms with van der Waals surface area (Å²) in [5.41, 5.74) is -1.38. The SMILES string of the molecule is CC(Oc1ccccc1Br)C(=O)Nc1c[nH]c(=O)[nH]c1=O. The van der Waals surface area contributed by atoms with Crippen molar-refractivity contribution in [3.05, 3.63) is 55.8 Å². The molecular formula is C13H12BrN3O4. The van der Waals surface area contributed by atoms with Crippen molar-refractivity contribution < 1.29 is 9.53 Å². The fourth-order valence-corrected chi connectivity index (χ4v) is 1.90. The van der Waals surface area contributed by atoms with E-state index in [4.69, 9.17) is 4.74 Å². The molecule has 1 aromatic heterocycles. The van der Waals surface area contributed by atoms with Crippen molar-refractivity contribution in [2.45, 2.75) is 13.0 Å². The van der Waals surface area contributed by atoms with Gasteiger partial charge in [-0.1, -0.05) is 12.1 Å². The predicted molar refractivity (Wildman–Crippen MR) is 80.5 cm³/mol. The van der Waals surface area contributed by atoms with Crippen LogP contribution in [0.4, 0.5) is 5.69 Å². The summed E-state index contributed by atoms with van der Waals surface area (Å²) in [6.07, 6.45) is 0.305. The number of aromatic nitrogens is 2. The monoisotopic (exact) mass is 353 g/mol. The van der Waals surface area contributed by atoms with Gasteiger partial charge >= 0.3 is 5.69 Å². The first-order chi connectivity index (χ1) is 9.97. The maximum absolute atomic E-state index is 12.0. The highest BCUT2D eigenvalue weighted by atomic mass is 79.9. The number of H-pyrrole nitrogens is 2. The molecule has 7 nitrogen and oxygen atoms in total. The number of halogens is 1. The molecule has 2 rings (SSSR count). The van der Waals surface area contributed by atoms with Gasteiger partial charge in [-0.15, -0.1) is 0 Å². The lowest BCUT2D eigenvalue weighted by molar-refractivity contribution is -0.122. The Morgan fingerprint density at radius 3 is 2.71 bits per heavy atom. The lowest BCUT2D eigenvalue weighted by atomic mass is 10.3. The van der Waals surface area contributed by atoms with E-state index < -0.39 is 23.3 Å². The molecule has 1 unspecified atom stereocenters. The Kier molecular flexibility index (Phi) is 4.59. The Bertz CT molecular complexity index is 768. The van der Waals surface area contributed by atoms with Gasteiger partial charge in [-0.2, -0.15) is 0 Å². The van der Waals surface area contributed by atoms with Crippen LogP contribution in [0.5, 0.6) is 5.75 Å². The Labute approximate surface area is 127 Å². The van der Waals surface area contributed by atoms with Crippen LogP contribution >= 0.6 is 15.9 Å². The number of anilines is 1. The van der Waals surface area contributed by atoms with Gasteiger partial charge in [-0.25, -0.2) is 4.79 Å².